The van der Waals surface area contributed by atoms with Crippen LogP contribution in [0.3, 0.4) is 0 Å². The number of hydrazone groups is 1. The normalized spacial score (nSPS) is 11.4. The van der Waals surface area contributed by atoms with Gasteiger partial charge >= 0.3 is 5.97 Å². The maximum Gasteiger partial charge on any atom is 0.343 e. The maximum absolute atomic E-state index is 12.3. The highest BCUT2D eigenvalue weighted by Gasteiger charge is 2.10. The number of hydrogen-bond donors (Lipinski definition) is 1. The molecule has 4 rings (SSSR count). The molecule has 4 aromatic carbocycles. The minimum atomic E-state index is -0.470. The number of ether oxygens (including phenoxy) is 1. The van der Waals surface area contributed by atoms with Crippen molar-refractivity contribution in [3.63, 3.8) is 0 Å². The van der Waals surface area contributed by atoms with Crippen LogP contribution in [0.1, 0.15) is 15.9 Å². The van der Waals surface area contributed by atoms with Crippen LogP contribution in [0.25, 0.3) is 0 Å². The minimum absolute atomic E-state index is 0.373. The van der Waals surface area contributed by atoms with Crippen molar-refractivity contribution in [3.05, 3.63) is 125 Å². The van der Waals surface area contributed by atoms with Gasteiger partial charge in [-0.05, 0) is 72.8 Å². The van der Waals surface area contributed by atoms with E-state index >= 15 is 0 Å². The molecule has 0 bridgehead atoms. The highest BCUT2D eigenvalue weighted by Crippen LogP contribution is 2.18. The Morgan fingerprint density at radius 1 is 0.727 bits per heavy atom. The molecule has 0 heterocycles. The molecule has 0 fully saturated rings. The van der Waals surface area contributed by atoms with E-state index in [9.17, 15) is 4.79 Å². The number of halogens is 1. The van der Waals surface area contributed by atoms with Crippen LogP contribution in [-0.2, 0) is 0 Å². The summed E-state index contributed by atoms with van der Waals surface area (Å²) in [7, 11) is 0. The number of anilines is 1. The quantitative estimate of drug-likeness (QED) is 0.0841. The van der Waals surface area contributed by atoms with E-state index in [4.69, 9.17) is 16.3 Å². The van der Waals surface area contributed by atoms with Gasteiger partial charge < -0.3 is 4.74 Å². The second-order valence-corrected chi connectivity index (χ2v) is 7.31. The lowest BCUT2D eigenvalue weighted by Crippen LogP contribution is -2.08. The van der Waals surface area contributed by atoms with E-state index in [1.165, 1.54) is 0 Å². The van der Waals surface area contributed by atoms with Crippen molar-refractivity contribution in [3.8, 4) is 5.75 Å². The lowest BCUT2D eigenvalue weighted by Gasteiger charge is -2.06. The first-order valence-electron chi connectivity index (χ1n) is 10.1. The number of nitrogens with one attached hydrogen (secondary N) is 1. The number of carbonyl (C=O) groups excluding carboxylic acids is 1. The number of benzene rings is 4. The zero-order valence-corrected chi connectivity index (χ0v) is 18.2. The third-order valence-electron chi connectivity index (χ3n) is 4.48. The van der Waals surface area contributed by atoms with E-state index < -0.39 is 5.97 Å². The van der Waals surface area contributed by atoms with Crippen LogP contribution in [0.5, 0.6) is 5.75 Å². The fourth-order valence-electron chi connectivity index (χ4n) is 2.80. The van der Waals surface area contributed by atoms with E-state index in [1.54, 1.807) is 48.5 Å². The summed E-state index contributed by atoms with van der Waals surface area (Å²) < 4.78 is 5.44. The van der Waals surface area contributed by atoms with Crippen molar-refractivity contribution in [1.29, 1.82) is 0 Å². The Bertz CT molecular complexity index is 1260. The fourth-order valence-corrected chi connectivity index (χ4v) is 2.92. The molecule has 0 radical (unpaired) electrons. The van der Waals surface area contributed by atoms with Gasteiger partial charge in [0.1, 0.15) is 5.75 Å². The number of amidine groups is 1. The second kappa shape index (κ2) is 10.8. The zero-order valence-electron chi connectivity index (χ0n) is 17.4. The molecule has 0 aliphatic heterocycles. The summed E-state index contributed by atoms with van der Waals surface area (Å²) in [6.07, 6.45) is 0. The maximum atomic E-state index is 12.3. The first kappa shape index (κ1) is 21.9. The van der Waals surface area contributed by atoms with Gasteiger partial charge in [-0.15, -0.1) is 10.2 Å². The molecule has 0 spiro atoms. The molecule has 0 saturated carbocycles. The molecule has 4 aromatic rings. The zero-order chi connectivity index (χ0) is 22.9. The van der Waals surface area contributed by atoms with E-state index in [-0.39, 0.29) is 0 Å². The summed E-state index contributed by atoms with van der Waals surface area (Å²) >= 11 is 5.87. The molecular formula is C26H19ClN4O2. The summed E-state index contributed by atoms with van der Waals surface area (Å²) in [5.41, 5.74) is 5.63. The van der Waals surface area contributed by atoms with Crippen LogP contribution in [0, 0.1) is 0 Å². The molecule has 0 saturated heterocycles. The Morgan fingerprint density at radius 3 is 2.00 bits per heavy atom. The van der Waals surface area contributed by atoms with Crippen LogP contribution in [0.4, 0.5) is 11.4 Å². The van der Waals surface area contributed by atoms with Gasteiger partial charge in [-0.3, -0.25) is 5.43 Å². The van der Waals surface area contributed by atoms with Crippen molar-refractivity contribution in [1.82, 2.24) is 0 Å². The van der Waals surface area contributed by atoms with Crippen LogP contribution in [0.2, 0.25) is 5.02 Å². The van der Waals surface area contributed by atoms with Crippen molar-refractivity contribution in [2.45, 2.75) is 0 Å². The van der Waals surface area contributed by atoms with Crippen LogP contribution in [-0.4, -0.2) is 11.8 Å². The van der Waals surface area contributed by atoms with Crippen LogP contribution in [0.15, 0.2) is 125 Å². The van der Waals surface area contributed by atoms with Crippen molar-refractivity contribution >= 4 is 34.8 Å². The largest absolute Gasteiger partial charge is 0.423 e. The van der Waals surface area contributed by atoms with Gasteiger partial charge in [-0.25, -0.2) is 4.79 Å². The molecule has 0 aliphatic rings. The fraction of sp³-hybridized carbons (Fsp3) is 0. The number of hydrogen-bond acceptors (Lipinski definition) is 5. The number of carbonyl (C=O) groups is 1. The first-order chi connectivity index (χ1) is 16.2. The van der Waals surface area contributed by atoms with Crippen LogP contribution >= 0.6 is 11.6 Å². The Morgan fingerprint density at radius 2 is 1.33 bits per heavy atom. The van der Waals surface area contributed by atoms with E-state index in [2.05, 4.69) is 20.8 Å². The average molecular weight is 455 g/mol. The summed E-state index contributed by atoms with van der Waals surface area (Å²) in [6.45, 7) is 0. The number of para-hydroxylation sites is 1. The van der Waals surface area contributed by atoms with Crippen LogP contribution < -0.4 is 10.2 Å². The van der Waals surface area contributed by atoms with Crippen molar-refractivity contribution < 1.29 is 9.53 Å². The molecule has 0 aromatic heterocycles. The topological polar surface area (TPSA) is 75.4 Å². The summed E-state index contributed by atoms with van der Waals surface area (Å²) in [6, 6.07) is 32.3. The third kappa shape index (κ3) is 6.35. The SMILES string of the molecule is O=C(Oc1ccc(/C(N=Nc2ccccc2)=N\Nc2ccccc2)cc1)c1ccc(Cl)cc1. The van der Waals surface area contributed by atoms with Gasteiger partial charge in [0.2, 0.25) is 5.84 Å². The van der Waals surface area contributed by atoms with Gasteiger partial charge in [0, 0.05) is 10.6 Å². The highest BCUT2D eigenvalue weighted by atomic mass is 35.5. The molecule has 0 aliphatic carbocycles. The third-order valence-corrected chi connectivity index (χ3v) is 4.74. The van der Waals surface area contributed by atoms with Gasteiger partial charge in [0.25, 0.3) is 0 Å². The number of nitrogens with zero attached hydrogens (tertiary/aromatic N) is 3. The van der Waals surface area contributed by atoms with Crippen molar-refractivity contribution in [2.24, 2.45) is 15.3 Å². The predicted molar refractivity (Wildman–Crippen MR) is 130 cm³/mol. The summed E-state index contributed by atoms with van der Waals surface area (Å²) in [5.74, 6) is 0.301. The number of esters is 1. The molecular weight excluding hydrogens is 436 g/mol. The van der Waals surface area contributed by atoms with E-state index in [1.807, 2.05) is 60.7 Å². The van der Waals surface area contributed by atoms with Crippen molar-refractivity contribution in [2.75, 3.05) is 5.43 Å². The van der Waals surface area contributed by atoms with Gasteiger partial charge in [-0.1, -0.05) is 48.0 Å². The van der Waals surface area contributed by atoms with Gasteiger partial charge in [-0.2, -0.15) is 5.10 Å². The molecule has 7 heteroatoms. The smallest absolute Gasteiger partial charge is 0.343 e. The Labute approximate surface area is 196 Å². The summed E-state index contributed by atoms with van der Waals surface area (Å²) in [4.78, 5) is 12.3. The monoisotopic (exact) mass is 454 g/mol. The van der Waals surface area contributed by atoms with Gasteiger partial charge in [0.15, 0.2) is 0 Å². The lowest BCUT2D eigenvalue weighted by molar-refractivity contribution is 0.0735. The molecule has 0 atom stereocenters. The van der Waals surface area contributed by atoms with Gasteiger partial charge in [0.05, 0.1) is 16.9 Å². The minimum Gasteiger partial charge on any atom is -0.423 e. The number of rotatable bonds is 6. The molecule has 162 valence electrons. The number of azo groups is 1. The highest BCUT2D eigenvalue weighted by molar-refractivity contribution is 6.30. The first-order valence-corrected chi connectivity index (χ1v) is 10.5. The summed E-state index contributed by atoms with van der Waals surface area (Å²) in [5, 5.41) is 13.6. The average Bonchev–Trinajstić information content (AvgIpc) is 2.86. The van der Waals surface area contributed by atoms with E-state index in [0.717, 1.165) is 5.69 Å². The molecule has 0 amide bonds. The molecule has 0 unspecified atom stereocenters. The molecule has 1 N–H and O–H groups in total. The lowest BCUT2D eigenvalue weighted by atomic mass is 10.2. The standard InChI is InChI=1S/C26H19ClN4O2/c27-21-15-11-20(12-16-21)26(32)33-24-17-13-19(14-18-24)25(30-28-22-7-3-1-4-8-22)31-29-23-9-5-2-6-10-23/h1-18,28H/b30-25+,31-29?. The molecule has 6 nitrogen and oxygen atoms in total. The van der Waals surface area contributed by atoms with E-state index in [0.29, 0.717) is 33.4 Å². The second-order valence-electron chi connectivity index (χ2n) is 6.87. The molecule has 33 heavy (non-hydrogen) atoms. The predicted octanol–water partition coefficient (Wildman–Crippen LogP) is 7.12. The Kier molecular flexibility index (Phi) is 7.20. The Hall–Kier alpha value is -4.29. The Balaban J connectivity index is 1.53.